The number of anilines is 3. The van der Waals surface area contributed by atoms with Gasteiger partial charge in [0.2, 0.25) is 0 Å². The summed E-state index contributed by atoms with van der Waals surface area (Å²) in [6, 6.07) is 38.6. The highest BCUT2D eigenvalue weighted by molar-refractivity contribution is 6.00. The Kier molecular flexibility index (Phi) is 10.8. The topological polar surface area (TPSA) is 124 Å². The quantitative estimate of drug-likeness (QED) is 0.129. The summed E-state index contributed by atoms with van der Waals surface area (Å²) in [6.07, 6.45) is 0. The third-order valence-corrected chi connectivity index (χ3v) is 6.25. The van der Waals surface area contributed by atoms with E-state index in [1.165, 1.54) is 0 Å². The van der Waals surface area contributed by atoms with E-state index in [2.05, 4.69) is 16.0 Å². The second kappa shape index (κ2) is 16.0. The highest BCUT2D eigenvalue weighted by atomic mass is 16.5. The summed E-state index contributed by atoms with van der Waals surface area (Å²) in [7, 11) is 0. The fraction of sp³-hybridized carbons (Fsp3) is 0.0833. The van der Waals surface area contributed by atoms with Crippen LogP contribution in [0.25, 0.3) is 0 Å². The lowest BCUT2D eigenvalue weighted by Gasteiger charge is -2.15. The van der Waals surface area contributed by atoms with Gasteiger partial charge in [0.05, 0.1) is 11.4 Å². The molecule has 0 bridgehead atoms. The maximum absolute atomic E-state index is 12.8. The molecular weight excluding hydrogens is 586 g/mol. The van der Waals surface area contributed by atoms with Gasteiger partial charge in [0.15, 0.2) is 19.8 Å². The second-order valence-corrected chi connectivity index (χ2v) is 9.78. The molecule has 5 rings (SSSR count). The second-order valence-electron chi connectivity index (χ2n) is 9.78. The van der Waals surface area contributed by atoms with Crippen molar-refractivity contribution in [2.24, 2.45) is 0 Å². The van der Waals surface area contributed by atoms with Crippen molar-refractivity contribution in [3.8, 4) is 28.7 Å². The van der Waals surface area contributed by atoms with Crippen LogP contribution in [-0.4, -0.2) is 37.5 Å². The molecule has 0 fully saturated rings. The zero-order valence-electron chi connectivity index (χ0n) is 24.7. The minimum atomic E-state index is -0.437. The van der Waals surface area contributed by atoms with Crippen LogP contribution in [0.1, 0.15) is 0 Å². The molecule has 0 saturated heterocycles. The molecule has 10 heteroatoms. The first-order valence-corrected chi connectivity index (χ1v) is 14.4. The van der Waals surface area contributed by atoms with Crippen molar-refractivity contribution in [2.45, 2.75) is 0 Å². The van der Waals surface area contributed by atoms with Gasteiger partial charge < -0.3 is 34.9 Å². The van der Waals surface area contributed by atoms with Gasteiger partial charge in [-0.25, -0.2) is 0 Å². The molecule has 10 nitrogen and oxygen atoms in total. The third-order valence-electron chi connectivity index (χ3n) is 6.25. The number of benzene rings is 5. The maximum Gasteiger partial charge on any atom is 0.262 e. The molecule has 5 aromatic carbocycles. The average molecular weight is 618 g/mol. The Bertz CT molecular complexity index is 1730. The molecule has 0 aromatic heterocycles. The van der Waals surface area contributed by atoms with Crippen molar-refractivity contribution < 1.29 is 33.3 Å². The molecule has 232 valence electrons. The number of hydrogen-bond donors (Lipinski definition) is 3. The van der Waals surface area contributed by atoms with E-state index in [0.717, 1.165) is 0 Å². The zero-order chi connectivity index (χ0) is 32.0. The van der Waals surface area contributed by atoms with E-state index in [0.29, 0.717) is 45.8 Å². The first-order valence-electron chi connectivity index (χ1n) is 14.4. The summed E-state index contributed by atoms with van der Waals surface area (Å²) in [6.45, 7) is -0.606. The Morgan fingerprint density at radius 3 is 1.30 bits per heavy atom. The molecule has 3 N–H and O–H groups in total. The van der Waals surface area contributed by atoms with E-state index >= 15 is 0 Å². The van der Waals surface area contributed by atoms with Crippen LogP contribution < -0.4 is 34.9 Å². The van der Waals surface area contributed by atoms with Crippen LogP contribution in [0.5, 0.6) is 28.7 Å². The van der Waals surface area contributed by atoms with E-state index in [1.807, 2.05) is 42.5 Å². The summed E-state index contributed by atoms with van der Waals surface area (Å²) < 4.78 is 22.6. The standard InChI is InChI=1S/C36H31N3O7/c40-34(23-43-27-10-4-1-5-11-27)37-26-16-18-30(19-17-26)46-31-20-21-32(38-35(41)24-44-28-12-6-2-7-13-28)33(22-31)39-36(42)25-45-29-14-8-3-9-15-29/h1-22H,23-25H2,(H,37,40)(H,38,41)(H,39,42). The van der Waals surface area contributed by atoms with Gasteiger partial charge in [-0.1, -0.05) is 54.6 Å². The molecule has 0 aliphatic carbocycles. The molecule has 0 radical (unpaired) electrons. The summed E-state index contributed by atoms with van der Waals surface area (Å²) in [5, 5.41) is 8.33. The fourth-order valence-corrected chi connectivity index (χ4v) is 4.11. The van der Waals surface area contributed by atoms with Crippen molar-refractivity contribution in [3.63, 3.8) is 0 Å². The van der Waals surface area contributed by atoms with Gasteiger partial charge in [-0.15, -0.1) is 0 Å². The van der Waals surface area contributed by atoms with Crippen molar-refractivity contribution >= 4 is 34.8 Å². The van der Waals surface area contributed by atoms with Gasteiger partial charge in [-0.2, -0.15) is 0 Å². The van der Waals surface area contributed by atoms with Gasteiger partial charge in [-0.3, -0.25) is 14.4 Å². The number of nitrogens with one attached hydrogen (secondary N) is 3. The predicted molar refractivity (Wildman–Crippen MR) is 175 cm³/mol. The molecule has 3 amide bonds. The molecule has 0 aliphatic rings. The van der Waals surface area contributed by atoms with E-state index in [9.17, 15) is 14.4 Å². The lowest BCUT2D eigenvalue weighted by molar-refractivity contribution is -0.119. The van der Waals surface area contributed by atoms with E-state index < -0.39 is 11.8 Å². The van der Waals surface area contributed by atoms with Crippen molar-refractivity contribution in [1.82, 2.24) is 0 Å². The molecule has 0 unspecified atom stereocenters. The van der Waals surface area contributed by atoms with Gasteiger partial charge in [0.25, 0.3) is 17.7 Å². The fourth-order valence-electron chi connectivity index (χ4n) is 4.11. The van der Waals surface area contributed by atoms with Crippen molar-refractivity contribution in [3.05, 3.63) is 133 Å². The minimum absolute atomic E-state index is 0.131. The lowest BCUT2D eigenvalue weighted by atomic mass is 10.2. The van der Waals surface area contributed by atoms with Crippen LogP contribution in [0.3, 0.4) is 0 Å². The molecule has 46 heavy (non-hydrogen) atoms. The number of carbonyl (C=O) groups is 3. The smallest absolute Gasteiger partial charge is 0.262 e. The summed E-state index contributed by atoms with van der Waals surface area (Å²) in [5.74, 6) is 1.42. The van der Waals surface area contributed by atoms with E-state index in [1.54, 1.807) is 91.0 Å². The van der Waals surface area contributed by atoms with Crippen molar-refractivity contribution in [1.29, 1.82) is 0 Å². The number of carbonyl (C=O) groups excluding carboxylic acids is 3. The normalized spacial score (nSPS) is 10.3. The molecule has 0 saturated carbocycles. The van der Waals surface area contributed by atoms with Gasteiger partial charge in [0.1, 0.15) is 28.7 Å². The summed E-state index contributed by atoms with van der Waals surface area (Å²) >= 11 is 0. The van der Waals surface area contributed by atoms with Gasteiger partial charge in [-0.05, 0) is 72.8 Å². The SMILES string of the molecule is O=C(COc1ccccc1)Nc1ccc(Oc2ccc(NC(=O)COc3ccccc3)c(NC(=O)COc3ccccc3)c2)cc1. The van der Waals surface area contributed by atoms with Gasteiger partial charge >= 0.3 is 0 Å². The summed E-state index contributed by atoms with van der Waals surface area (Å²) in [5.41, 5.74) is 1.21. The minimum Gasteiger partial charge on any atom is -0.484 e. The number of hydrogen-bond acceptors (Lipinski definition) is 7. The maximum atomic E-state index is 12.8. The molecule has 0 atom stereocenters. The average Bonchev–Trinajstić information content (AvgIpc) is 3.09. The van der Waals surface area contributed by atoms with E-state index in [-0.39, 0.29) is 25.7 Å². The lowest BCUT2D eigenvalue weighted by Crippen LogP contribution is -2.23. The highest BCUT2D eigenvalue weighted by Gasteiger charge is 2.14. The Morgan fingerprint density at radius 2 is 0.826 bits per heavy atom. The molecule has 0 heterocycles. The van der Waals surface area contributed by atoms with Crippen LogP contribution in [0.2, 0.25) is 0 Å². The number of ether oxygens (including phenoxy) is 4. The van der Waals surface area contributed by atoms with Crippen LogP contribution in [-0.2, 0) is 14.4 Å². The monoisotopic (exact) mass is 617 g/mol. The first-order chi connectivity index (χ1) is 22.5. The number of para-hydroxylation sites is 3. The Morgan fingerprint density at radius 1 is 0.413 bits per heavy atom. The zero-order valence-corrected chi connectivity index (χ0v) is 24.7. The molecule has 0 spiro atoms. The Balaban J connectivity index is 1.22. The largest absolute Gasteiger partial charge is 0.484 e. The van der Waals surface area contributed by atoms with Crippen LogP contribution in [0, 0.1) is 0 Å². The first kappa shape index (κ1) is 31.1. The van der Waals surface area contributed by atoms with Crippen LogP contribution in [0.4, 0.5) is 17.1 Å². The third kappa shape index (κ3) is 9.88. The summed E-state index contributed by atoms with van der Waals surface area (Å²) in [4.78, 5) is 37.8. The highest BCUT2D eigenvalue weighted by Crippen LogP contribution is 2.31. The number of amides is 3. The molecular formula is C36H31N3O7. The predicted octanol–water partition coefficient (Wildman–Crippen LogP) is 6.53. The van der Waals surface area contributed by atoms with Gasteiger partial charge in [0, 0.05) is 11.8 Å². The van der Waals surface area contributed by atoms with Crippen LogP contribution >= 0.6 is 0 Å². The molecule has 0 aliphatic heterocycles. The van der Waals surface area contributed by atoms with Crippen molar-refractivity contribution in [2.75, 3.05) is 35.8 Å². The number of rotatable bonds is 14. The molecule has 5 aromatic rings. The van der Waals surface area contributed by atoms with E-state index in [4.69, 9.17) is 18.9 Å². The Hall–Kier alpha value is -6.29. The Labute approximate surface area is 265 Å². The van der Waals surface area contributed by atoms with Crippen LogP contribution in [0.15, 0.2) is 133 Å².